The van der Waals surface area contributed by atoms with Crippen molar-refractivity contribution in [3.05, 3.63) is 11.9 Å². The van der Waals surface area contributed by atoms with Gasteiger partial charge >= 0.3 is 0 Å². The van der Waals surface area contributed by atoms with Gasteiger partial charge in [-0.1, -0.05) is 20.3 Å². The van der Waals surface area contributed by atoms with Crippen LogP contribution in [0.4, 0.5) is 0 Å². The highest BCUT2D eigenvalue weighted by atomic mass is 16.5. The summed E-state index contributed by atoms with van der Waals surface area (Å²) in [5.74, 6) is 1.51. The van der Waals surface area contributed by atoms with Crippen molar-refractivity contribution in [2.45, 2.75) is 58.0 Å². The van der Waals surface area contributed by atoms with Gasteiger partial charge in [-0.05, 0) is 25.8 Å². The number of hydrogen-bond acceptors (Lipinski definition) is 3. The van der Waals surface area contributed by atoms with Crippen LogP contribution in [0.15, 0.2) is 6.20 Å². The molecule has 1 saturated carbocycles. The van der Waals surface area contributed by atoms with Crippen molar-refractivity contribution in [1.29, 1.82) is 0 Å². The summed E-state index contributed by atoms with van der Waals surface area (Å²) < 4.78 is 7.64. The second-order valence-electron chi connectivity index (χ2n) is 5.02. The van der Waals surface area contributed by atoms with E-state index in [0.29, 0.717) is 12.0 Å². The predicted molar refractivity (Wildman–Crippen MR) is 73.1 cm³/mol. The average Bonchev–Trinajstić information content (AvgIpc) is 2.96. The van der Waals surface area contributed by atoms with Crippen LogP contribution in [0.5, 0.6) is 5.75 Å². The van der Waals surface area contributed by atoms with Crippen molar-refractivity contribution in [2.75, 3.05) is 13.7 Å². The Morgan fingerprint density at radius 2 is 2.28 bits per heavy atom. The minimum atomic E-state index is 0.550. The highest BCUT2D eigenvalue weighted by Crippen LogP contribution is 2.39. The predicted octanol–water partition coefficient (Wildman–Crippen LogP) is 2.55. The minimum Gasteiger partial charge on any atom is -0.493 e. The smallest absolute Gasteiger partial charge is 0.160 e. The molecule has 0 bridgehead atoms. The van der Waals surface area contributed by atoms with Crippen LogP contribution in [0, 0.1) is 0 Å². The number of nitrogens with zero attached hydrogens (tertiary/aromatic N) is 2. The number of aromatic nitrogens is 2. The molecule has 1 N–H and O–H groups in total. The van der Waals surface area contributed by atoms with E-state index in [2.05, 4.69) is 28.9 Å². The quantitative estimate of drug-likeness (QED) is 0.844. The van der Waals surface area contributed by atoms with E-state index in [1.807, 2.05) is 6.20 Å². The Labute approximate surface area is 110 Å². The number of methoxy groups -OCH3 is 1. The summed E-state index contributed by atoms with van der Waals surface area (Å²) in [6, 6.07) is 0.580. The Balaban J connectivity index is 2.26. The maximum Gasteiger partial charge on any atom is 0.160 e. The van der Waals surface area contributed by atoms with Crippen LogP contribution in [-0.4, -0.2) is 29.5 Å². The molecule has 102 valence electrons. The number of likely N-dealkylation sites (N-methyl/N-ethyl adjacent to an activating group) is 1. The molecule has 0 aromatic carbocycles. The number of ether oxygens (including phenoxy) is 1. The summed E-state index contributed by atoms with van der Waals surface area (Å²) in [7, 11) is 1.74. The van der Waals surface area contributed by atoms with Gasteiger partial charge in [0.1, 0.15) is 0 Å². The molecule has 1 aromatic rings. The molecule has 18 heavy (non-hydrogen) atoms. The van der Waals surface area contributed by atoms with E-state index in [1.54, 1.807) is 7.11 Å². The van der Waals surface area contributed by atoms with Crippen LogP contribution in [0.2, 0.25) is 0 Å². The zero-order valence-corrected chi connectivity index (χ0v) is 11.8. The molecule has 4 nitrogen and oxygen atoms in total. The summed E-state index contributed by atoms with van der Waals surface area (Å²) in [5, 5.41) is 8.09. The zero-order valence-electron chi connectivity index (χ0n) is 11.8. The van der Waals surface area contributed by atoms with Crippen LogP contribution in [0.25, 0.3) is 0 Å². The molecule has 1 aliphatic rings. The molecule has 2 rings (SSSR count). The first-order chi connectivity index (χ1) is 8.81. The Hall–Kier alpha value is -1.03. The average molecular weight is 251 g/mol. The molecule has 0 amide bonds. The van der Waals surface area contributed by atoms with E-state index >= 15 is 0 Å². The monoisotopic (exact) mass is 251 g/mol. The van der Waals surface area contributed by atoms with Gasteiger partial charge in [0.05, 0.1) is 19.0 Å². The summed E-state index contributed by atoms with van der Waals surface area (Å²) in [6.07, 6.45) is 6.77. The molecule has 0 radical (unpaired) electrons. The first-order valence-electron chi connectivity index (χ1n) is 7.14. The number of hydrogen-bond donors (Lipinski definition) is 1. The van der Waals surface area contributed by atoms with Gasteiger partial charge in [-0.15, -0.1) is 0 Å². The molecule has 1 heterocycles. The van der Waals surface area contributed by atoms with Crippen LogP contribution in [-0.2, 0) is 6.54 Å². The lowest BCUT2D eigenvalue weighted by Gasteiger charge is -2.22. The molecule has 2 unspecified atom stereocenters. The van der Waals surface area contributed by atoms with E-state index in [1.165, 1.54) is 25.0 Å². The lowest BCUT2D eigenvalue weighted by Crippen LogP contribution is -2.32. The van der Waals surface area contributed by atoms with Crippen molar-refractivity contribution >= 4 is 0 Å². The van der Waals surface area contributed by atoms with Gasteiger partial charge in [0.2, 0.25) is 0 Å². The third-order valence-electron chi connectivity index (χ3n) is 3.83. The summed E-state index contributed by atoms with van der Waals surface area (Å²) in [5.41, 5.74) is 1.29. The zero-order chi connectivity index (χ0) is 13.0. The summed E-state index contributed by atoms with van der Waals surface area (Å²) >= 11 is 0. The molecule has 4 heteroatoms. The van der Waals surface area contributed by atoms with Crippen LogP contribution in [0.3, 0.4) is 0 Å². The first kappa shape index (κ1) is 13.4. The van der Waals surface area contributed by atoms with Crippen molar-refractivity contribution in [1.82, 2.24) is 15.1 Å². The lowest BCUT2D eigenvalue weighted by atomic mass is 9.98. The molecule has 1 aromatic heterocycles. The third-order valence-corrected chi connectivity index (χ3v) is 3.83. The standard InChI is InChI=1S/C14H25N3O/c1-4-9-17-14(13(18-3)10-16-17)11-7-6-8-12(11)15-5-2/h10-12,15H,4-9H2,1-3H3. The van der Waals surface area contributed by atoms with Gasteiger partial charge in [-0.25, -0.2) is 0 Å². The molecule has 1 aliphatic carbocycles. The Kier molecular flexibility index (Phi) is 4.64. The lowest BCUT2D eigenvalue weighted by molar-refractivity contribution is 0.388. The van der Waals surface area contributed by atoms with Gasteiger partial charge in [-0.2, -0.15) is 5.10 Å². The fourth-order valence-corrected chi connectivity index (χ4v) is 3.09. The molecule has 2 atom stereocenters. The normalized spacial score (nSPS) is 23.5. The molecule has 0 aliphatic heterocycles. The van der Waals surface area contributed by atoms with Gasteiger partial charge in [-0.3, -0.25) is 4.68 Å². The van der Waals surface area contributed by atoms with Crippen LogP contribution in [0.1, 0.15) is 51.1 Å². The summed E-state index contributed by atoms with van der Waals surface area (Å²) in [6.45, 7) is 6.38. The van der Waals surface area contributed by atoms with Crippen LogP contribution >= 0.6 is 0 Å². The van der Waals surface area contributed by atoms with Gasteiger partial charge in [0, 0.05) is 18.5 Å². The van der Waals surface area contributed by atoms with Crippen molar-refractivity contribution in [3.63, 3.8) is 0 Å². The van der Waals surface area contributed by atoms with Crippen LogP contribution < -0.4 is 10.1 Å². The molecule has 1 fully saturated rings. The van der Waals surface area contributed by atoms with Gasteiger partial charge in [0.25, 0.3) is 0 Å². The van der Waals surface area contributed by atoms with E-state index in [9.17, 15) is 0 Å². The van der Waals surface area contributed by atoms with Crippen molar-refractivity contribution in [3.8, 4) is 5.75 Å². The molecule has 0 spiro atoms. The second kappa shape index (κ2) is 6.23. The molecular weight excluding hydrogens is 226 g/mol. The fourth-order valence-electron chi connectivity index (χ4n) is 3.09. The SMILES string of the molecule is CCCn1ncc(OC)c1C1CCCC1NCC. The Morgan fingerprint density at radius 3 is 2.94 bits per heavy atom. The molecule has 0 saturated heterocycles. The third kappa shape index (κ3) is 2.53. The Bertz CT molecular complexity index is 375. The highest BCUT2D eigenvalue weighted by Gasteiger charge is 2.32. The summed E-state index contributed by atoms with van der Waals surface area (Å²) in [4.78, 5) is 0. The van der Waals surface area contributed by atoms with E-state index < -0.39 is 0 Å². The van der Waals surface area contributed by atoms with E-state index in [-0.39, 0.29) is 0 Å². The maximum atomic E-state index is 5.50. The van der Waals surface area contributed by atoms with E-state index in [0.717, 1.165) is 25.3 Å². The topological polar surface area (TPSA) is 39.1 Å². The van der Waals surface area contributed by atoms with Gasteiger partial charge in [0.15, 0.2) is 5.75 Å². The fraction of sp³-hybridized carbons (Fsp3) is 0.786. The molecular formula is C14H25N3O. The van der Waals surface area contributed by atoms with Crippen molar-refractivity contribution in [2.24, 2.45) is 0 Å². The number of rotatable bonds is 6. The largest absolute Gasteiger partial charge is 0.493 e. The minimum absolute atomic E-state index is 0.550. The first-order valence-corrected chi connectivity index (χ1v) is 7.14. The van der Waals surface area contributed by atoms with E-state index in [4.69, 9.17) is 4.74 Å². The van der Waals surface area contributed by atoms with Gasteiger partial charge < -0.3 is 10.1 Å². The number of nitrogens with one attached hydrogen (secondary N) is 1. The highest BCUT2D eigenvalue weighted by molar-refractivity contribution is 5.31. The Morgan fingerprint density at radius 1 is 1.44 bits per heavy atom. The maximum absolute atomic E-state index is 5.50. The van der Waals surface area contributed by atoms with Crippen molar-refractivity contribution < 1.29 is 4.74 Å². The number of aryl methyl sites for hydroxylation is 1. The second-order valence-corrected chi connectivity index (χ2v) is 5.02.